The number of anilines is 1. The predicted molar refractivity (Wildman–Crippen MR) is 86.8 cm³/mol. The molecule has 0 fully saturated rings. The van der Waals surface area contributed by atoms with Crippen LogP contribution >= 0.6 is 0 Å². The number of amides is 2. The molecule has 1 atom stereocenters. The van der Waals surface area contributed by atoms with Crippen LogP contribution in [0.4, 0.5) is 28.2 Å². The number of alkyl halides is 3. The molecule has 0 spiro atoms. The van der Waals surface area contributed by atoms with Gasteiger partial charge in [-0.2, -0.15) is 13.2 Å². The van der Waals surface area contributed by atoms with E-state index < -0.39 is 30.7 Å². The third-order valence-corrected chi connectivity index (χ3v) is 3.32. The SMILES string of the molecule is CCN(CC(O)C(F)(F)F)C(=O)Nc1cc(Oc2cncc(F)c2)ccn1. The third kappa shape index (κ3) is 6.06. The molecule has 0 aliphatic rings. The number of likely N-dealkylation sites (N-methyl/N-ethyl adjacent to an activating group) is 1. The van der Waals surface area contributed by atoms with E-state index in [0.29, 0.717) is 0 Å². The van der Waals surface area contributed by atoms with E-state index in [1.54, 1.807) is 0 Å². The smallest absolute Gasteiger partial charge is 0.416 e. The Bertz CT molecular complexity index is 788. The van der Waals surface area contributed by atoms with Gasteiger partial charge in [-0.1, -0.05) is 0 Å². The van der Waals surface area contributed by atoms with E-state index in [4.69, 9.17) is 9.84 Å². The van der Waals surface area contributed by atoms with Crippen LogP contribution in [0.25, 0.3) is 0 Å². The monoisotopic (exact) mass is 388 g/mol. The number of aromatic nitrogens is 2. The summed E-state index contributed by atoms with van der Waals surface area (Å²) in [7, 11) is 0. The number of hydrogen-bond acceptors (Lipinski definition) is 5. The summed E-state index contributed by atoms with van der Waals surface area (Å²) in [4.78, 5) is 20.4. The molecule has 2 amide bonds. The molecule has 7 nitrogen and oxygen atoms in total. The van der Waals surface area contributed by atoms with Crippen LogP contribution in [0.15, 0.2) is 36.8 Å². The van der Waals surface area contributed by atoms with E-state index in [0.717, 1.165) is 17.2 Å². The van der Waals surface area contributed by atoms with Crippen molar-refractivity contribution in [3.05, 3.63) is 42.6 Å². The fraction of sp³-hybridized carbons (Fsp3) is 0.312. The highest BCUT2D eigenvalue weighted by molar-refractivity contribution is 5.88. The minimum Gasteiger partial charge on any atom is -0.455 e. The van der Waals surface area contributed by atoms with Gasteiger partial charge in [0.25, 0.3) is 0 Å². The summed E-state index contributed by atoms with van der Waals surface area (Å²) in [6, 6.07) is 2.96. The maximum Gasteiger partial charge on any atom is 0.416 e. The molecule has 146 valence electrons. The predicted octanol–water partition coefficient (Wildman–Crippen LogP) is 3.19. The largest absolute Gasteiger partial charge is 0.455 e. The Morgan fingerprint density at radius 3 is 2.70 bits per heavy atom. The molecule has 0 saturated heterocycles. The number of ether oxygens (including phenoxy) is 1. The molecule has 2 aromatic heterocycles. The lowest BCUT2D eigenvalue weighted by Gasteiger charge is -2.25. The second-order valence-corrected chi connectivity index (χ2v) is 5.34. The number of rotatable bonds is 6. The maximum atomic E-state index is 13.1. The van der Waals surface area contributed by atoms with Gasteiger partial charge in [-0.3, -0.25) is 10.3 Å². The summed E-state index contributed by atoms with van der Waals surface area (Å²) in [5.74, 6) is -0.285. The van der Waals surface area contributed by atoms with Crippen molar-refractivity contribution in [3.63, 3.8) is 0 Å². The van der Waals surface area contributed by atoms with Gasteiger partial charge in [0.15, 0.2) is 6.10 Å². The number of halogens is 4. The maximum absolute atomic E-state index is 13.1. The fourth-order valence-corrected chi connectivity index (χ4v) is 1.98. The first-order valence-corrected chi connectivity index (χ1v) is 7.74. The zero-order valence-corrected chi connectivity index (χ0v) is 14.1. The molecule has 2 N–H and O–H groups in total. The summed E-state index contributed by atoms with van der Waals surface area (Å²) in [5, 5.41) is 11.4. The van der Waals surface area contributed by atoms with E-state index in [2.05, 4.69) is 15.3 Å². The van der Waals surface area contributed by atoms with Crippen molar-refractivity contribution in [1.82, 2.24) is 14.9 Å². The van der Waals surface area contributed by atoms with Gasteiger partial charge in [0.05, 0.1) is 18.9 Å². The van der Waals surface area contributed by atoms with Crippen molar-refractivity contribution < 1.29 is 32.2 Å². The van der Waals surface area contributed by atoms with Crippen molar-refractivity contribution in [2.75, 3.05) is 18.4 Å². The Balaban J connectivity index is 2.04. The minimum atomic E-state index is -4.83. The van der Waals surface area contributed by atoms with Gasteiger partial charge in [0.1, 0.15) is 23.1 Å². The second-order valence-electron chi connectivity index (χ2n) is 5.34. The van der Waals surface area contributed by atoms with Crippen LogP contribution in [-0.4, -0.2) is 51.4 Å². The molecule has 0 bridgehead atoms. The van der Waals surface area contributed by atoms with Gasteiger partial charge in [-0.05, 0) is 13.0 Å². The number of pyridine rings is 2. The molecule has 0 aliphatic heterocycles. The molecular formula is C16H16F4N4O3. The van der Waals surface area contributed by atoms with Gasteiger partial charge in [-0.25, -0.2) is 14.2 Å². The Labute approximate surface area is 151 Å². The summed E-state index contributed by atoms with van der Waals surface area (Å²) < 4.78 is 55.9. The molecule has 0 aromatic carbocycles. The van der Waals surface area contributed by atoms with Crippen molar-refractivity contribution in [3.8, 4) is 11.5 Å². The standard InChI is InChI=1S/C16H16F4N4O3/c1-2-24(9-13(25)16(18,19)20)15(26)23-14-6-11(3-4-22-14)27-12-5-10(17)7-21-8-12/h3-8,13,25H,2,9H2,1H3,(H,22,23,26). The normalized spacial score (nSPS) is 12.4. The number of aliphatic hydroxyl groups excluding tert-OH is 1. The minimum absolute atomic E-state index is 0.00168. The van der Waals surface area contributed by atoms with Crippen LogP contribution in [0.5, 0.6) is 11.5 Å². The topological polar surface area (TPSA) is 87.6 Å². The molecule has 0 radical (unpaired) electrons. The Kier molecular flexibility index (Phi) is 6.50. The van der Waals surface area contributed by atoms with Crippen LogP contribution in [0.2, 0.25) is 0 Å². The van der Waals surface area contributed by atoms with Crippen molar-refractivity contribution in [2.24, 2.45) is 0 Å². The molecule has 2 heterocycles. The molecule has 11 heteroatoms. The van der Waals surface area contributed by atoms with Crippen molar-refractivity contribution in [2.45, 2.75) is 19.2 Å². The van der Waals surface area contributed by atoms with E-state index in [1.807, 2.05) is 0 Å². The number of urea groups is 1. The van der Waals surface area contributed by atoms with Crippen LogP contribution in [-0.2, 0) is 0 Å². The number of carbonyl (C=O) groups excluding carboxylic acids is 1. The Morgan fingerprint density at radius 1 is 1.33 bits per heavy atom. The van der Waals surface area contributed by atoms with Crippen LogP contribution < -0.4 is 10.1 Å². The van der Waals surface area contributed by atoms with Gasteiger partial charge in [-0.15, -0.1) is 0 Å². The van der Waals surface area contributed by atoms with E-state index >= 15 is 0 Å². The highest BCUT2D eigenvalue weighted by atomic mass is 19.4. The zero-order valence-electron chi connectivity index (χ0n) is 14.1. The second kappa shape index (κ2) is 8.62. The first-order valence-electron chi connectivity index (χ1n) is 7.74. The molecule has 0 saturated carbocycles. The molecule has 1 unspecified atom stereocenters. The van der Waals surface area contributed by atoms with Crippen LogP contribution in [0.3, 0.4) is 0 Å². The first-order chi connectivity index (χ1) is 12.7. The van der Waals surface area contributed by atoms with Gasteiger partial charge in [0.2, 0.25) is 0 Å². The number of aliphatic hydroxyl groups is 1. The fourth-order valence-electron chi connectivity index (χ4n) is 1.98. The number of hydrogen-bond donors (Lipinski definition) is 2. The lowest BCUT2D eigenvalue weighted by atomic mass is 10.3. The number of carbonyl (C=O) groups is 1. The van der Waals surface area contributed by atoms with E-state index in [-0.39, 0.29) is 23.9 Å². The van der Waals surface area contributed by atoms with Crippen LogP contribution in [0.1, 0.15) is 6.92 Å². The number of nitrogens with zero attached hydrogens (tertiary/aromatic N) is 3. The van der Waals surface area contributed by atoms with Crippen LogP contribution in [0, 0.1) is 5.82 Å². The molecule has 2 rings (SSSR count). The molecule has 0 aliphatic carbocycles. The molecule has 2 aromatic rings. The van der Waals surface area contributed by atoms with E-state index in [9.17, 15) is 22.4 Å². The summed E-state index contributed by atoms with van der Waals surface area (Å²) in [6.07, 6.45) is -3.93. The molecule has 27 heavy (non-hydrogen) atoms. The Hall–Kier alpha value is -2.95. The van der Waals surface area contributed by atoms with E-state index in [1.165, 1.54) is 31.5 Å². The lowest BCUT2D eigenvalue weighted by Crippen LogP contribution is -2.45. The van der Waals surface area contributed by atoms with Gasteiger partial charge < -0.3 is 14.7 Å². The van der Waals surface area contributed by atoms with Crippen molar-refractivity contribution >= 4 is 11.8 Å². The Morgan fingerprint density at radius 2 is 2.07 bits per heavy atom. The van der Waals surface area contributed by atoms with Crippen molar-refractivity contribution in [1.29, 1.82) is 0 Å². The summed E-state index contributed by atoms with van der Waals surface area (Å²) in [6.45, 7) is 0.480. The van der Waals surface area contributed by atoms with Gasteiger partial charge in [0, 0.05) is 24.9 Å². The summed E-state index contributed by atoms with van der Waals surface area (Å²) in [5.41, 5.74) is 0. The zero-order chi connectivity index (χ0) is 20.0. The highest BCUT2D eigenvalue weighted by Crippen LogP contribution is 2.23. The first kappa shape index (κ1) is 20.4. The number of nitrogens with one attached hydrogen (secondary N) is 1. The summed E-state index contributed by atoms with van der Waals surface area (Å²) >= 11 is 0. The third-order valence-electron chi connectivity index (χ3n) is 3.32. The molecular weight excluding hydrogens is 372 g/mol. The lowest BCUT2D eigenvalue weighted by molar-refractivity contribution is -0.206. The quantitative estimate of drug-likeness (QED) is 0.743. The average Bonchev–Trinajstić information content (AvgIpc) is 2.58. The van der Waals surface area contributed by atoms with Gasteiger partial charge >= 0.3 is 12.2 Å². The highest BCUT2D eigenvalue weighted by Gasteiger charge is 2.39. The average molecular weight is 388 g/mol.